The van der Waals surface area contributed by atoms with Crippen molar-refractivity contribution in [1.82, 2.24) is 0 Å². The van der Waals surface area contributed by atoms with E-state index in [-0.39, 0.29) is 5.69 Å². The van der Waals surface area contributed by atoms with Gasteiger partial charge in [0.1, 0.15) is 11.6 Å². The first-order chi connectivity index (χ1) is 9.56. The lowest BCUT2D eigenvalue weighted by molar-refractivity contribution is 0.199. The lowest BCUT2D eigenvalue weighted by Crippen LogP contribution is -2.21. The molecule has 0 unspecified atom stereocenters. The molecule has 0 saturated carbocycles. The predicted molar refractivity (Wildman–Crippen MR) is 76.1 cm³/mol. The van der Waals surface area contributed by atoms with Crippen LogP contribution in [0.2, 0.25) is 0 Å². The number of nitrogens with zero attached hydrogens (tertiary/aromatic N) is 1. The Morgan fingerprint density at radius 3 is 2.30 bits per heavy atom. The zero-order chi connectivity index (χ0) is 14.7. The summed E-state index contributed by atoms with van der Waals surface area (Å²) in [6, 6.07) is 10.7. The summed E-state index contributed by atoms with van der Waals surface area (Å²) in [5.41, 5.74) is 0.951. The largest absolute Gasteiger partial charge is 0.389 e. The molecule has 0 aliphatic carbocycles. The highest BCUT2D eigenvalue weighted by Crippen LogP contribution is 2.35. The normalized spacial score (nSPS) is 12.2. The Bertz CT molecular complexity index is 599. The van der Waals surface area contributed by atoms with Crippen molar-refractivity contribution < 1.29 is 13.9 Å². The van der Waals surface area contributed by atoms with Crippen molar-refractivity contribution in [1.29, 1.82) is 0 Å². The monoisotopic (exact) mass is 277 g/mol. The van der Waals surface area contributed by atoms with Crippen molar-refractivity contribution in [2.45, 2.75) is 20.0 Å². The second-order valence-corrected chi connectivity index (χ2v) is 4.55. The van der Waals surface area contributed by atoms with E-state index >= 15 is 0 Å². The summed E-state index contributed by atoms with van der Waals surface area (Å²) in [6.45, 7) is 3.76. The summed E-state index contributed by atoms with van der Waals surface area (Å²) in [4.78, 5) is 1.53. The second kappa shape index (κ2) is 6.01. The second-order valence-electron chi connectivity index (χ2n) is 4.55. The molecule has 106 valence electrons. The molecule has 0 saturated heterocycles. The number of halogens is 2. The Morgan fingerprint density at radius 2 is 1.70 bits per heavy atom. The molecule has 1 N–H and O–H groups in total. The van der Waals surface area contributed by atoms with Gasteiger partial charge in [0, 0.05) is 12.1 Å². The van der Waals surface area contributed by atoms with Crippen molar-refractivity contribution in [3.63, 3.8) is 0 Å². The molecule has 0 spiro atoms. The molecule has 0 bridgehead atoms. The van der Waals surface area contributed by atoms with Crippen molar-refractivity contribution in [3.05, 3.63) is 59.7 Å². The van der Waals surface area contributed by atoms with Crippen molar-refractivity contribution in [2.75, 3.05) is 11.4 Å². The number of aliphatic hydroxyl groups is 1. The van der Waals surface area contributed by atoms with Crippen molar-refractivity contribution in [2.24, 2.45) is 0 Å². The Labute approximate surface area is 117 Å². The first-order valence-corrected chi connectivity index (χ1v) is 6.54. The Morgan fingerprint density at radius 1 is 1.05 bits per heavy atom. The molecule has 2 aromatic carbocycles. The molecule has 20 heavy (non-hydrogen) atoms. The molecule has 1 atom stereocenters. The number of aliphatic hydroxyl groups excluding tert-OH is 1. The van der Waals surface area contributed by atoms with E-state index < -0.39 is 17.7 Å². The van der Waals surface area contributed by atoms with Crippen molar-refractivity contribution >= 4 is 11.4 Å². The molecule has 0 aliphatic rings. The maximum absolute atomic E-state index is 14.2. The van der Waals surface area contributed by atoms with Gasteiger partial charge in [0.05, 0.1) is 17.5 Å². The standard InChI is InChI=1S/C16H17F2NO/c1-3-19(15-10-5-4-8-13(15)17)16-12(11(2)20)7-6-9-14(16)18/h4-11,20H,3H2,1-2H3/t11-/m1/s1. The number of benzene rings is 2. The molecule has 2 nitrogen and oxygen atoms in total. The first-order valence-electron chi connectivity index (χ1n) is 6.54. The molecule has 0 heterocycles. The fourth-order valence-electron chi connectivity index (χ4n) is 2.27. The number of para-hydroxylation sites is 2. The minimum absolute atomic E-state index is 0.218. The highest BCUT2D eigenvalue weighted by atomic mass is 19.1. The van der Waals surface area contributed by atoms with E-state index in [4.69, 9.17) is 0 Å². The van der Waals surface area contributed by atoms with E-state index in [1.54, 1.807) is 31.2 Å². The van der Waals surface area contributed by atoms with Crippen LogP contribution in [0.3, 0.4) is 0 Å². The molecule has 0 radical (unpaired) electrons. The Kier molecular flexibility index (Phi) is 4.35. The van der Waals surface area contributed by atoms with Crippen LogP contribution in [0.4, 0.5) is 20.2 Å². The summed E-state index contributed by atoms with van der Waals surface area (Å²) in [6.07, 6.45) is -0.832. The third-order valence-corrected chi connectivity index (χ3v) is 3.20. The van der Waals surface area contributed by atoms with Crippen LogP contribution in [0.1, 0.15) is 25.5 Å². The maximum Gasteiger partial charge on any atom is 0.147 e. The molecule has 0 aromatic heterocycles. The van der Waals surface area contributed by atoms with Gasteiger partial charge in [0.25, 0.3) is 0 Å². The smallest absolute Gasteiger partial charge is 0.147 e. The summed E-state index contributed by atoms with van der Waals surface area (Å²) < 4.78 is 28.1. The SMILES string of the molecule is CCN(c1ccccc1F)c1c(F)cccc1[C@@H](C)O. The van der Waals surface area contributed by atoms with Crippen LogP contribution in [-0.2, 0) is 0 Å². The van der Waals surface area contributed by atoms with Crippen LogP contribution < -0.4 is 4.90 Å². The molecule has 4 heteroatoms. The van der Waals surface area contributed by atoms with E-state index in [0.29, 0.717) is 17.8 Å². The predicted octanol–water partition coefficient (Wildman–Crippen LogP) is 4.18. The van der Waals surface area contributed by atoms with Crippen LogP contribution in [0, 0.1) is 11.6 Å². The Hall–Kier alpha value is -1.94. The van der Waals surface area contributed by atoms with Gasteiger partial charge in [-0.05, 0) is 32.0 Å². The molecule has 2 aromatic rings. The number of rotatable bonds is 4. The minimum Gasteiger partial charge on any atom is -0.389 e. The van der Waals surface area contributed by atoms with E-state index in [1.165, 1.54) is 23.1 Å². The van der Waals surface area contributed by atoms with Gasteiger partial charge in [-0.2, -0.15) is 0 Å². The van der Waals surface area contributed by atoms with Gasteiger partial charge >= 0.3 is 0 Å². The fraction of sp³-hybridized carbons (Fsp3) is 0.250. The van der Waals surface area contributed by atoms with Gasteiger partial charge in [0.15, 0.2) is 0 Å². The van der Waals surface area contributed by atoms with Crippen LogP contribution in [0.15, 0.2) is 42.5 Å². The van der Waals surface area contributed by atoms with Gasteiger partial charge in [-0.1, -0.05) is 24.3 Å². The van der Waals surface area contributed by atoms with Crippen LogP contribution >= 0.6 is 0 Å². The lowest BCUT2D eigenvalue weighted by atomic mass is 10.1. The quantitative estimate of drug-likeness (QED) is 0.906. The van der Waals surface area contributed by atoms with E-state index in [2.05, 4.69) is 0 Å². The maximum atomic E-state index is 14.2. The van der Waals surface area contributed by atoms with Crippen molar-refractivity contribution in [3.8, 4) is 0 Å². The highest BCUT2D eigenvalue weighted by Gasteiger charge is 2.20. The highest BCUT2D eigenvalue weighted by molar-refractivity contribution is 5.68. The number of hydrogen-bond donors (Lipinski definition) is 1. The molecule has 0 fully saturated rings. The number of anilines is 2. The summed E-state index contributed by atoms with van der Waals surface area (Å²) in [5, 5.41) is 9.80. The van der Waals surface area contributed by atoms with Crippen LogP contribution in [0.5, 0.6) is 0 Å². The lowest BCUT2D eigenvalue weighted by Gasteiger charge is -2.27. The number of hydrogen-bond acceptors (Lipinski definition) is 2. The molecule has 0 aliphatic heterocycles. The van der Waals surface area contributed by atoms with Gasteiger partial charge in [0.2, 0.25) is 0 Å². The molecule has 2 rings (SSSR count). The molecular weight excluding hydrogens is 260 g/mol. The van der Waals surface area contributed by atoms with E-state index in [0.717, 1.165) is 0 Å². The average molecular weight is 277 g/mol. The van der Waals surface area contributed by atoms with E-state index in [9.17, 15) is 13.9 Å². The zero-order valence-electron chi connectivity index (χ0n) is 11.5. The molecular formula is C16H17F2NO. The summed E-state index contributed by atoms with van der Waals surface area (Å²) in [5.74, 6) is -0.900. The van der Waals surface area contributed by atoms with Gasteiger partial charge < -0.3 is 10.0 Å². The average Bonchev–Trinajstić information content (AvgIpc) is 2.43. The fourth-order valence-corrected chi connectivity index (χ4v) is 2.27. The van der Waals surface area contributed by atoms with E-state index in [1.807, 2.05) is 6.92 Å². The first kappa shape index (κ1) is 14.5. The van der Waals surface area contributed by atoms with Crippen LogP contribution in [-0.4, -0.2) is 11.7 Å². The summed E-state index contributed by atoms with van der Waals surface area (Å²) in [7, 11) is 0. The zero-order valence-corrected chi connectivity index (χ0v) is 11.5. The van der Waals surface area contributed by atoms with Crippen LogP contribution in [0.25, 0.3) is 0 Å². The molecule has 0 amide bonds. The van der Waals surface area contributed by atoms with Gasteiger partial charge in [-0.15, -0.1) is 0 Å². The third kappa shape index (κ3) is 2.65. The third-order valence-electron chi connectivity index (χ3n) is 3.20. The summed E-state index contributed by atoms with van der Waals surface area (Å²) >= 11 is 0. The van der Waals surface area contributed by atoms with Gasteiger partial charge in [-0.3, -0.25) is 0 Å². The minimum atomic E-state index is -0.832. The topological polar surface area (TPSA) is 23.5 Å². The van der Waals surface area contributed by atoms with Gasteiger partial charge in [-0.25, -0.2) is 8.78 Å². The Balaban J connectivity index is 2.61.